The molecule has 0 spiro atoms. The first-order valence-corrected chi connectivity index (χ1v) is 8.22. The fourth-order valence-electron chi connectivity index (χ4n) is 3.32. The second-order valence-corrected chi connectivity index (χ2v) is 6.51. The summed E-state index contributed by atoms with van der Waals surface area (Å²) in [5.74, 6) is -0.238. The minimum Gasteiger partial charge on any atom is -0.444 e. The van der Waals surface area contributed by atoms with E-state index < -0.39 is 0 Å². The Kier molecular flexibility index (Phi) is 3.73. The maximum atomic E-state index is 12.5. The highest BCUT2D eigenvalue weighted by Gasteiger charge is 2.47. The number of halogens is 1. The van der Waals surface area contributed by atoms with Gasteiger partial charge in [0.05, 0.1) is 24.1 Å². The van der Waals surface area contributed by atoms with Crippen molar-refractivity contribution in [1.82, 2.24) is 9.88 Å². The molecule has 0 radical (unpaired) electrons. The summed E-state index contributed by atoms with van der Waals surface area (Å²) in [5.41, 5.74) is 1.31. The van der Waals surface area contributed by atoms with Crippen LogP contribution < -0.4 is 0 Å². The molecule has 24 heavy (non-hydrogen) atoms. The van der Waals surface area contributed by atoms with Gasteiger partial charge in [-0.05, 0) is 31.0 Å². The predicted octanol–water partition coefficient (Wildman–Crippen LogP) is 3.45. The molecule has 0 bridgehead atoms. The molecule has 1 saturated heterocycles. The largest absolute Gasteiger partial charge is 0.444 e. The summed E-state index contributed by atoms with van der Waals surface area (Å²) in [6, 6.07) is 7.18. The molecule has 2 heterocycles. The predicted molar refractivity (Wildman–Crippen MR) is 87.9 cm³/mol. The van der Waals surface area contributed by atoms with Gasteiger partial charge in [0.2, 0.25) is 17.7 Å². The molecule has 6 heteroatoms. The van der Waals surface area contributed by atoms with E-state index in [1.165, 1.54) is 11.2 Å². The van der Waals surface area contributed by atoms with Crippen LogP contribution in [0.2, 0.25) is 5.02 Å². The van der Waals surface area contributed by atoms with Crippen LogP contribution in [0, 0.1) is 11.8 Å². The fourth-order valence-corrected chi connectivity index (χ4v) is 3.51. The molecular weight excluding hydrogens is 328 g/mol. The summed E-state index contributed by atoms with van der Waals surface area (Å²) >= 11 is 5.97. The number of aromatic nitrogens is 1. The van der Waals surface area contributed by atoms with Crippen LogP contribution in [0.4, 0.5) is 0 Å². The Labute approximate surface area is 143 Å². The number of hydrogen-bond acceptors (Lipinski definition) is 4. The summed E-state index contributed by atoms with van der Waals surface area (Å²) < 4.78 is 5.47. The Morgan fingerprint density at radius 1 is 1.17 bits per heavy atom. The van der Waals surface area contributed by atoms with Crippen LogP contribution in [0.25, 0.3) is 11.5 Å². The Morgan fingerprint density at radius 2 is 1.88 bits per heavy atom. The van der Waals surface area contributed by atoms with Gasteiger partial charge >= 0.3 is 0 Å². The molecule has 122 valence electrons. The lowest BCUT2D eigenvalue weighted by Gasteiger charge is -2.14. The van der Waals surface area contributed by atoms with Crippen LogP contribution in [-0.2, 0) is 16.1 Å². The molecule has 1 fully saturated rings. The van der Waals surface area contributed by atoms with E-state index >= 15 is 0 Å². The maximum absolute atomic E-state index is 12.5. The summed E-state index contributed by atoms with van der Waals surface area (Å²) in [7, 11) is 0. The van der Waals surface area contributed by atoms with Gasteiger partial charge in [-0.3, -0.25) is 14.5 Å². The fraction of sp³-hybridized carbons (Fsp3) is 0.278. The van der Waals surface area contributed by atoms with Crippen LogP contribution in [0.15, 0.2) is 47.1 Å². The van der Waals surface area contributed by atoms with Crippen molar-refractivity contribution in [1.29, 1.82) is 0 Å². The summed E-state index contributed by atoms with van der Waals surface area (Å²) in [6.45, 7) is 0.148. The zero-order chi connectivity index (χ0) is 16.7. The highest BCUT2D eigenvalue weighted by Crippen LogP contribution is 2.35. The van der Waals surface area contributed by atoms with Gasteiger partial charge in [-0.25, -0.2) is 4.98 Å². The van der Waals surface area contributed by atoms with Crippen molar-refractivity contribution >= 4 is 23.4 Å². The van der Waals surface area contributed by atoms with E-state index in [1.807, 2.05) is 24.3 Å². The Balaban J connectivity index is 1.54. The summed E-state index contributed by atoms with van der Waals surface area (Å²) in [5, 5.41) is 0.591. The number of rotatable bonds is 3. The molecule has 1 aromatic carbocycles. The molecule has 2 aromatic rings. The first-order valence-electron chi connectivity index (χ1n) is 7.84. The highest BCUT2D eigenvalue weighted by molar-refractivity contribution is 6.30. The Morgan fingerprint density at radius 3 is 2.54 bits per heavy atom. The zero-order valence-electron chi connectivity index (χ0n) is 12.8. The van der Waals surface area contributed by atoms with Crippen molar-refractivity contribution in [3.05, 3.63) is 53.4 Å². The molecule has 2 amide bonds. The molecule has 1 aliphatic carbocycles. The van der Waals surface area contributed by atoms with E-state index in [2.05, 4.69) is 4.98 Å². The molecule has 2 aliphatic rings. The van der Waals surface area contributed by atoms with Gasteiger partial charge in [0.1, 0.15) is 6.26 Å². The third-order valence-corrected chi connectivity index (χ3v) is 4.78. The second-order valence-electron chi connectivity index (χ2n) is 6.07. The number of likely N-dealkylation sites (tertiary alicyclic amines) is 1. The molecule has 1 aliphatic heterocycles. The lowest BCUT2D eigenvalue weighted by molar-refractivity contribution is -0.140. The number of hydrogen-bond donors (Lipinski definition) is 0. The van der Waals surface area contributed by atoms with E-state index in [-0.39, 0.29) is 30.2 Å². The molecule has 4 rings (SSSR count). The second kappa shape index (κ2) is 5.91. The summed E-state index contributed by atoms with van der Waals surface area (Å²) in [6.07, 6.45) is 6.71. The number of allylic oxidation sites excluding steroid dienone is 2. The number of carbonyl (C=O) groups is 2. The molecule has 1 aromatic heterocycles. The van der Waals surface area contributed by atoms with Crippen LogP contribution in [0.3, 0.4) is 0 Å². The van der Waals surface area contributed by atoms with Gasteiger partial charge in [-0.2, -0.15) is 0 Å². The lowest BCUT2D eigenvalue weighted by atomic mass is 9.85. The van der Waals surface area contributed by atoms with E-state index in [0.29, 0.717) is 29.4 Å². The third kappa shape index (κ3) is 2.55. The smallest absolute Gasteiger partial charge is 0.233 e. The maximum Gasteiger partial charge on any atom is 0.233 e. The average molecular weight is 343 g/mol. The minimum atomic E-state index is -0.221. The number of carbonyl (C=O) groups excluding carboxylic acids is 2. The van der Waals surface area contributed by atoms with Crippen molar-refractivity contribution < 1.29 is 14.0 Å². The van der Waals surface area contributed by atoms with Crippen LogP contribution in [0.5, 0.6) is 0 Å². The van der Waals surface area contributed by atoms with Crippen molar-refractivity contribution in [2.75, 3.05) is 0 Å². The normalized spacial score (nSPS) is 23.0. The molecule has 0 unspecified atom stereocenters. The first kappa shape index (κ1) is 15.1. The SMILES string of the molecule is O=C1[C@H]2CC=CC[C@@H]2C(=O)N1Cc1coc(-c2cccc(Cl)c2)n1. The monoisotopic (exact) mass is 342 g/mol. The van der Waals surface area contributed by atoms with Gasteiger partial charge in [0, 0.05) is 10.6 Å². The number of fused-ring (bicyclic) bond motifs is 1. The van der Waals surface area contributed by atoms with E-state index in [1.54, 1.807) is 12.1 Å². The van der Waals surface area contributed by atoms with E-state index in [4.69, 9.17) is 16.0 Å². The van der Waals surface area contributed by atoms with Gasteiger partial charge in [0.15, 0.2) is 0 Å². The molecule has 0 N–H and O–H groups in total. The number of nitrogens with zero attached hydrogens (tertiary/aromatic N) is 2. The van der Waals surface area contributed by atoms with Crippen LogP contribution in [-0.4, -0.2) is 21.7 Å². The van der Waals surface area contributed by atoms with E-state index in [0.717, 1.165) is 5.56 Å². The van der Waals surface area contributed by atoms with Crippen molar-refractivity contribution in [2.45, 2.75) is 19.4 Å². The topological polar surface area (TPSA) is 63.4 Å². The molecule has 2 atom stereocenters. The average Bonchev–Trinajstić information content (AvgIpc) is 3.15. The lowest BCUT2D eigenvalue weighted by Crippen LogP contribution is -2.30. The van der Waals surface area contributed by atoms with Crippen molar-refractivity contribution in [3.63, 3.8) is 0 Å². The number of amides is 2. The first-order chi connectivity index (χ1) is 11.6. The van der Waals surface area contributed by atoms with Gasteiger partial charge in [-0.1, -0.05) is 29.8 Å². The van der Waals surface area contributed by atoms with Crippen molar-refractivity contribution in [3.8, 4) is 11.5 Å². The summed E-state index contributed by atoms with van der Waals surface area (Å²) in [4.78, 5) is 30.6. The van der Waals surface area contributed by atoms with Gasteiger partial charge in [-0.15, -0.1) is 0 Å². The zero-order valence-corrected chi connectivity index (χ0v) is 13.6. The van der Waals surface area contributed by atoms with Crippen LogP contribution >= 0.6 is 11.6 Å². The van der Waals surface area contributed by atoms with Gasteiger partial charge in [0.25, 0.3) is 0 Å². The van der Waals surface area contributed by atoms with Gasteiger partial charge < -0.3 is 4.42 Å². The quantitative estimate of drug-likeness (QED) is 0.633. The Hall–Kier alpha value is -2.40. The number of oxazole rings is 1. The molecular formula is C18H15ClN2O3. The Bertz CT molecular complexity index is 816. The molecule has 5 nitrogen and oxygen atoms in total. The number of imide groups is 1. The number of benzene rings is 1. The minimum absolute atomic E-state index is 0.110. The van der Waals surface area contributed by atoms with E-state index in [9.17, 15) is 9.59 Å². The van der Waals surface area contributed by atoms with Crippen molar-refractivity contribution in [2.24, 2.45) is 11.8 Å². The third-order valence-electron chi connectivity index (χ3n) is 4.54. The van der Waals surface area contributed by atoms with Crippen LogP contribution in [0.1, 0.15) is 18.5 Å². The standard InChI is InChI=1S/C18H15ClN2O3/c19-12-5-3-4-11(8-12)16-20-13(10-24-16)9-21-17(22)14-6-1-2-7-15(14)18(21)23/h1-5,8,10,14-15H,6-7,9H2/t14-,15-/m0/s1. The highest BCUT2D eigenvalue weighted by atomic mass is 35.5. The molecule has 0 saturated carbocycles.